The van der Waals surface area contributed by atoms with Crippen molar-refractivity contribution in [3.05, 3.63) is 16.8 Å². The first-order valence-electron chi connectivity index (χ1n) is 4.89. The highest BCUT2D eigenvalue weighted by atomic mass is 32.2. The van der Waals surface area contributed by atoms with Gasteiger partial charge in [-0.25, -0.2) is 9.69 Å². The predicted octanol–water partition coefficient (Wildman–Crippen LogP) is 1.93. The van der Waals surface area contributed by atoms with Crippen molar-refractivity contribution in [2.24, 2.45) is 0 Å². The molecule has 0 bridgehead atoms. The summed E-state index contributed by atoms with van der Waals surface area (Å²) in [5.74, 6) is 0.728. The van der Waals surface area contributed by atoms with Crippen LogP contribution in [0.3, 0.4) is 0 Å². The molecule has 2 heterocycles. The monoisotopic (exact) mass is 256 g/mol. The number of hydrogen-bond donors (Lipinski definition) is 1. The number of anilines is 1. The topological polar surface area (TPSA) is 49.4 Å². The van der Waals surface area contributed by atoms with Crippen LogP contribution in [0.25, 0.3) is 0 Å². The van der Waals surface area contributed by atoms with E-state index in [2.05, 4.69) is 5.32 Å². The minimum Gasteiger partial charge on any atom is -0.325 e. The first-order chi connectivity index (χ1) is 7.74. The van der Waals surface area contributed by atoms with E-state index in [4.69, 9.17) is 0 Å². The van der Waals surface area contributed by atoms with E-state index >= 15 is 0 Å². The zero-order valence-electron chi connectivity index (χ0n) is 8.80. The Bertz CT molecular complexity index is 392. The number of thioether (sulfide) groups is 1. The van der Waals surface area contributed by atoms with E-state index in [9.17, 15) is 9.59 Å². The van der Waals surface area contributed by atoms with Gasteiger partial charge in [-0.15, -0.1) is 0 Å². The second kappa shape index (κ2) is 4.88. The van der Waals surface area contributed by atoms with E-state index in [1.165, 1.54) is 16.2 Å². The molecule has 1 N–H and O–H groups in total. The highest BCUT2D eigenvalue weighted by molar-refractivity contribution is 7.98. The van der Waals surface area contributed by atoms with Gasteiger partial charge in [0, 0.05) is 5.38 Å². The minimum atomic E-state index is -0.361. The number of imide groups is 1. The van der Waals surface area contributed by atoms with E-state index in [1.54, 1.807) is 23.2 Å². The quantitative estimate of drug-likeness (QED) is 0.837. The number of nitrogens with one attached hydrogen (secondary N) is 1. The van der Waals surface area contributed by atoms with Crippen molar-refractivity contribution < 1.29 is 9.59 Å². The van der Waals surface area contributed by atoms with Crippen LogP contribution in [-0.2, 0) is 4.79 Å². The number of hydrogen-bond acceptors (Lipinski definition) is 4. The Labute approximate surface area is 102 Å². The van der Waals surface area contributed by atoms with Crippen LogP contribution in [0.2, 0.25) is 0 Å². The predicted molar refractivity (Wildman–Crippen MR) is 67.1 cm³/mol. The Hall–Kier alpha value is -1.01. The van der Waals surface area contributed by atoms with Gasteiger partial charge in [-0.05, 0) is 29.9 Å². The van der Waals surface area contributed by atoms with Crippen LogP contribution in [0.4, 0.5) is 10.5 Å². The molecule has 1 aliphatic heterocycles. The third-order valence-electron chi connectivity index (χ3n) is 2.39. The van der Waals surface area contributed by atoms with E-state index in [0.717, 1.165) is 5.75 Å². The van der Waals surface area contributed by atoms with E-state index in [-0.39, 0.29) is 18.0 Å². The molecule has 3 amide bonds. The zero-order valence-corrected chi connectivity index (χ0v) is 10.4. The average molecular weight is 256 g/mol. The fourth-order valence-electron chi connectivity index (χ4n) is 1.59. The molecule has 0 aromatic carbocycles. The van der Waals surface area contributed by atoms with Crippen molar-refractivity contribution in [1.29, 1.82) is 0 Å². The van der Waals surface area contributed by atoms with Crippen molar-refractivity contribution in [3.63, 3.8) is 0 Å². The van der Waals surface area contributed by atoms with Crippen molar-refractivity contribution in [1.82, 2.24) is 5.32 Å². The van der Waals surface area contributed by atoms with Crippen molar-refractivity contribution in [2.75, 3.05) is 16.9 Å². The lowest BCUT2D eigenvalue weighted by atomic mass is 10.2. The molecule has 0 aliphatic carbocycles. The molecule has 1 aromatic rings. The molecule has 0 saturated carbocycles. The minimum absolute atomic E-state index is 0.141. The summed E-state index contributed by atoms with van der Waals surface area (Å²) in [6, 6.07) is 1.10. The van der Waals surface area contributed by atoms with Crippen LogP contribution >= 0.6 is 23.1 Å². The highest BCUT2D eigenvalue weighted by Crippen LogP contribution is 2.23. The number of thiophene rings is 1. The molecule has 1 aromatic heterocycles. The maximum atomic E-state index is 12.0. The second-order valence-corrected chi connectivity index (χ2v) is 5.20. The van der Waals surface area contributed by atoms with Crippen molar-refractivity contribution in [2.45, 2.75) is 12.5 Å². The van der Waals surface area contributed by atoms with Crippen LogP contribution in [0.1, 0.15) is 6.42 Å². The van der Waals surface area contributed by atoms with Gasteiger partial charge in [-0.1, -0.05) is 0 Å². The Balaban J connectivity index is 2.11. The van der Waals surface area contributed by atoms with Gasteiger partial charge in [0.15, 0.2) is 0 Å². The largest absolute Gasteiger partial charge is 0.329 e. The van der Waals surface area contributed by atoms with Gasteiger partial charge < -0.3 is 5.32 Å². The van der Waals surface area contributed by atoms with Gasteiger partial charge in [0.25, 0.3) is 5.91 Å². The SMILES string of the molecule is CSCC[C@@H]1NC(=O)N(c2ccsc2)C1=O. The molecule has 1 atom stereocenters. The van der Waals surface area contributed by atoms with E-state index in [1.807, 2.05) is 11.6 Å². The van der Waals surface area contributed by atoms with Gasteiger partial charge in [-0.3, -0.25) is 4.79 Å². The lowest BCUT2D eigenvalue weighted by Crippen LogP contribution is -2.31. The van der Waals surface area contributed by atoms with Crippen LogP contribution in [0.15, 0.2) is 16.8 Å². The average Bonchev–Trinajstić information content (AvgIpc) is 2.85. The van der Waals surface area contributed by atoms with E-state index < -0.39 is 0 Å². The van der Waals surface area contributed by atoms with Crippen LogP contribution < -0.4 is 10.2 Å². The summed E-state index contributed by atoms with van der Waals surface area (Å²) in [5, 5.41) is 6.36. The summed E-state index contributed by atoms with van der Waals surface area (Å²) in [6.07, 6.45) is 2.67. The summed E-state index contributed by atoms with van der Waals surface area (Å²) in [4.78, 5) is 24.8. The number of carbonyl (C=O) groups is 2. The number of urea groups is 1. The summed E-state index contributed by atoms with van der Waals surface area (Å²) in [5.41, 5.74) is 0.666. The Morgan fingerprint density at radius 1 is 1.56 bits per heavy atom. The first kappa shape index (κ1) is 11.5. The number of amides is 3. The number of carbonyl (C=O) groups excluding carboxylic acids is 2. The van der Waals surface area contributed by atoms with Crippen molar-refractivity contribution in [3.8, 4) is 0 Å². The molecule has 16 heavy (non-hydrogen) atoms. The zero-order chi connectivity index (χ0) is 11.5. The molecule has 1 aliphatic rings. The van der Waals surface area contributed by atoms with Crippen molar-refractivity contribution >= 4 is 40.7 Å². The molecule has 86 valence electrons. The molecule has 0 radical (unpaired) electrons. The molecule has 1 fully saturated rings. The second-order valence-electron chi connectivity index (χ2n) is 3.44. The third-order valence-corrected chi connectivity index (χ3v) is 3.71. The summed E-state index contributed by atoms with van der Waals surface area (Å²) >= 11 is 3.14. The lowest BCUT2D eigenvalue weighted by Gasteiger charge is -2.10. The molecule has 2 rings (SSSR count). The molecule has 0 spiro atoms. The van der Waals surface area contributed by atoms with Gasteiger partial charge >= 0.3 is 6.03 Å². The summed E-state index contributed by atoms with van der Waals surface area (Å²) in [6.45, 7) is 0. The molecular weight excluding hydrogens is 244 g/mol. The van der Waals surface area contributed by atoms with Crippen LogP contribution in [-0.4, -0.2) is 30.0 Å². The maximum absolute atomic E-state index is 12.0. The Morgan fingerprint density at radius 3 is 3.00 bits per heavy atom. The fourth-order valence-corrected chi connectivity index (χ4v) is 2.68. The molecule has 1 saturated heterocycles. The lowest BCUT2D eigenvalue weighted by molar-refractivity contribution is -0.118. The molecular formula is C10H12N2O2S2. The Kier molecular flexibility index (Phi) is 3.50. The van der Waals surface area contributed by atoms with Gasteiger partial charge in [-0.2, -0.15) is 23.1 Å². The number of rotatable bonds is 4. The maximum Gasteiger partial charge on any atom is 0.329 e. The van der Waals surface area contributed by atoms with Crippen LogP contribution in [0.5, 0.6) is 0 Å². The van der Waals surface area contributed by atoms with Crippen LogP contribution in [0, 0.1) is 0 Å². The standard InChI is InChI=1S/C10H12N2O2S2/c1-15-4-3-8-9(13)12(10(14)11-8)7-2-5-16-6-7/h2,5-6,8H,3-4H2,1H3,(H,11,14)/t8-/m0/s1. The van der Waals surface area contributed by atoms with Gasteiger partial charge in [0.1, 0.15) is 6.04 Å². The highest BCUT2D eigenvalue weighted by Gasteiger charge is 2.38. The Morgan fingerprint density at radius 2 is 2.38 bits per heavy atom. The molecule has 4 nitrogen and oxygen atoms in total. The summed E-state index contributed by atoms with van der Waals surface area (Å²) in [7, 11) is 0. The van der Waals surface area contributed by atoms with E-state index in [0.29, 0.717) is 12.1 Å². The first-order valence-corrected chi connectivity index (χ1v) is 7.23. The van der Waals surface area contributed by atoms with Gasteiger partial charge in [0.05, 0.1) is 5.69 Å². The smallest absolute Gasteiger partial charge is 0.325 e. The molecule has 0 unspecified atom stereocenters. The fraction of sp³-hybridized carbons (Fsp3) is 0.400. The normalized spacial score (nSPS) is 20.3. The van der Waals surface area contributed by atoms with Gasteiger partial charge in [0.2, 0.25) is 0 Å². The third kappa shape index (κ3) is 2.08. The molecule has 6 heteroatoms. The summed E-state index contributed by atoms with van der Waals surface area (Å²) < 4.78 is 0. The number of nitrogens with zero attached hydrogens (tertiary/aromatic N) is 1.